The number of aromatic nitrogens is 1. The number of rotatable bonds is 4. The average molecular weight is 314 g/mol. The molecule has 0 bridgehead atoms. The Bertz CT molecular complexity index is 509. The zero-order chi connectivity index (χ0) is 12.4. The monoisotopic (exact) mass is 313 g/mol. The summed E-state index contributed by atoms with van der Waals surface area (Å²) < 4.78 is 2.29. The molecule has 0 saturated carbocycles. The minimum absolute atomic E-state index is 0.494. The van der Waals surface area contributed by atoms with Crippen LogP contribution in [-0.4, -0.2) is 36.6 Å². The molecule has 0 fully saturated rings. The van der Waals surface area contributed by atoms with Crippen LogP contribution in [0, 0.1) is 0 Å². The number of benzene rings is 1. The highest BCUT2D eigenvalue weighted by atomic mass is 79.9. The van der Waals surface area contributed by atoms with E-state index in [1.807, 2.05) is 12.1 Å². The highest BCUT2D eigenvalue weighted by Crippen LogP contribution is 2.28. The third-order valence-corrected chi connectivity index (χ3v) is 4.27. The van der Waals surface area contributed by atoms with Crippen molar-refractivity contribution in [2.24, 2.45) is 0 Å². The number of thiazole rings is 1. The van der Waals surface area contributed by atoms with Crippen molar-refractivity contribution in [3.8, 4) is 0 Å². The summed E-state index contributed by atoms with van der Waals surface area (Å²) in [6.45, 7) is 3.10. The van der Waals surface area contributed by atoms with Gasteiger partial charge < -0.3 is 10.2 Å². The lowest BCUT2D eigenvalue weighted by atomic mass is 10.3. The molecular formula is C12H16BrN3S. The van der Waals surface area contributed by atoms with Crippen LogP contribution in [0.3, 0.4) is 0 Å². The lowest BCUT2D eigenvalue weighted by Gasteiger charge is -2.19. The molecule has 0 amide bonds. The summed E-state index contributed by atoms with van der Waals surface area (Å²) in [6.07, 6.45) is 0. The predicted octanol–water partition coefficient (Wildman–Crippen LogP) is 3.42. The number of nitrogens with zero attached hydrogens (tertiary/aromatic N) is 2. The van der Waals surface area contributed by atoms with Crippen LogP contribution in [0.25, 0.3) is 10.2 Å². The first-order valence-corrected chi connectivity index (χ1v) is 7.13. The van der Waals surface area contributed by atoms with E-state index in [0.717, 1.165) is 21.7 Å². The topological polar surface area (TPSA) is 28.2 Å². The number of hydrogen-bond acceptors (Lipinski definition) is 4. The molecule has 0 aliphatic rings. The van der Waals surface area contributed by atoms with Crippen LogP contribution >= 0.6 is 27.3 Å². The van der Waals surface area contributed by atoms with Gasteiger partial charge in [-0.15, -0.1) is 0 Å². The van der Waals surface area contributed by atoms with Gasteiger partial charge in [-0.05, 0) is 39.2 Å². The van der Waals surface area contributed by atoms with E-state index in [1.54, 1.807) is 11.3 Å². The SMILES string of the molecule is CC(CNc1nc2cc(Br)ccc2s1)N(C)C. The van der Waals surface area contributed by atoms with Gasteiger partial charge in [-0.3, -0.25) is 0 Å². The minimum atomic E-state index is 0.494. The largest absolute Gasteiger partial charge is 0.360 e. The van der Waals surface area contributed by atoms with E-state index in [4.69, 9.17) is 0 Å². The van der Waals surface area contributed by atoms with E-state index in [2.05, 4.69) is 58.2 Å². The predicted molar refractivity (Wildman–Crippen MR) is 79.0 cm³/mol. The Balaban J connectivity index is 2.09. The Labute approximate surface area is 114 Å². The third kappa shape index (κ3) is 3.18. The van der Waals surface area contributed by atoms with Crippen LogP contribution in [0.5, 0.6) is 0 Å². The van der Waals surface area contributed by atoms with Gasteiger partial charge in [0.05, 0.1) is 10.2 Å². The number of nitrogens with one attached hydrogen (secondary N) is 1. The quantitative estimate of drug-likeness (QED) is 0.937. The second kappa shape index (κ2) is 5.33. The van der Waals surface area contributed by atoms with Crippen LogP contribution in [-0.2, 0) is 0 Å². The normalized spacial score (nSPS) is 13.2. The Hall–Kier alpha value is -0.650. The van der Waals surface area contributed by atoms with Gasteiger partial charge in [0.15, 0.2) is 5.13 Å². The molecule has 5 heteroatoms. The smallest absolute Gasteiger partial charge is 0.183 e. The Kier molecular flexibility index (Phi) is 4.01. The van der Waals surface area contributed by atoms with Crippen LogP contribution in [0.2, 0.25) is 0 Å². The van der Waals surface area contributed by atoms with Crippen LogP contribution in [0.1, 0.15) is 6.92 Å². The summed E-state index contributed by atoms with van der Waals surface area (Å²) in [5, 5.41) is 4.38. The molecular weight excluding hydrogens is 298 g/mol. The van der Waals surface area contributed by atoms with E-state index in [9.17, 15) is 0 Å². The number of likely N-dealkylation sites (N-methyl/N-ethyl adjacent to an activating group) is 1. The molecule has 1 atom stereocenters. The van der Waals surface area contributed by atoms with Gasteiger partial charge in [0, 0.05) is 17.1 Å². The van der Waals surface area contributed by atoms with Gasteiger partial charge >= 0.3 is 0 Å². The lowest BCUT2D eigenvalue weighted by Crippen LogP contribution is -2.31. The van der Waals surface area contributed by atoms with Crippen molar-refractivity contribution in [2.45, 2.75) is 13.0 Å². The van der Waals surface area contributed by atoms with Gasteiger partial charge in [-0.25, -0.2) is 4.98 Å². The van der Waals surface area contributed by atoms with E-state index in [0.29, 0.717) is 6.04 Å². The molecule has 1 aromatic heterocycles. The molecule has 3 nitrogen and oxygen atoms in total. The maximum atomic E-state index is 4.56. The first kappa shape index (κ1) is 12.8. The zero-order valence-corrected chi connectivity index (χ0v) is 12.6. The van der Waals surface area contributed by atoms with Crippen molar-refractivity contribution < 1.29 is 0 Å². The van der Waals surface area contributed by atoms with E-state index < -0.39 is 0 Å². The van der Waals surface area contributed by atoms with E-state index in [1.165, 1.54) is 4.70 Å². The van der Waals surface area contributed by atoms with Crippen LogP contribution in [0.15, 0.2) is 22.7 Å². The Morgan fingerprint density at radius 3 is 2.94 bits per heavy atom. The molecule has 1 heterocycles. The number of fused-ring (bicyclic) bond motifs is 1. The number of halogens is 1. The number of hydrogen-bond donors (Lipinski definition) is 1. The average Bonchev–Trinajstić information content (AvgIpc) is 2.67. The first-order valence-electron chi connectivity index (χ1n) is 5.52. The highest BCUT2D eigenvalue weighted by molar-refractivity contribution is 9.10. The second-order valence-electron chi connectivity index (χ2n) is 4.32. The maximum Gasteiger partial charge on any atom is 0.183 e. The van der Waals surface area contributed by atoms with Gasteiger partial charge in [0.1, 0.15) is 0 Å². The summed E-state index contributed by atoms with van der Waals surface area (Å²) >= 11 is 5.16. The van der Waals surface area contributed by atoms with E-state index in [-0.39, 0.29) is 0 Å². The molecule has 0 aliphatic carbocycles. The molecule has 1 aromatic carbocycles. The van der Waals surface area contributed by atoms with E-state index >= 15 is 0 Å². The molecule has 2 rings (SSSR count). The number of anilines is 1. The Morgan fingerprint density at radius 1 is 1.47 bits per heavy atom. The second-order valence-corrected chi connectivity index (χ2v) is 6.27. The van der Waals surface area contributed by atoms with Crippen molar-refractivity contribution in [2.75, 3.05) is 26.0 Å². The molecule has 0 spiro atoms. The molecule has 2 aromatic rings. The molecule has 92 valence electrons. The van der Waals surface area contributed by atoms with Crippen LogP contribution < -0.4 is 5.32 Å². The summed E-state index contributed by atoms with van der Waals surface area (Å²) in [5.74, 6) is 0. The fourth-order valence-corrected chi connectivity index (χ4v) is 2.60. The zero-order valence-electron chi connectivity index (χ0n) is 10.2. The van der Waals surface area contributed by atoms with Gasteiger partial charge in [-0.1, -0.05) is 27.3 Å². The van der Waals surface area contributed by atoms with Crippen molar-refractivity contribution in [1.82, 2.24) is 9.88 Å². The molecule has 1 N–H and O–H groups in total. The molecule has 0 aliphatic heterocycles. The van der Waals surface area contributed by atoms with Crippen LogP contribution in [0.4, 0.5) is 5.13 Å². The fourth-order valence-electron chi connectivity index (χ4n) is 1.39. The fraction of sp³-hybridized carbons (Fsp3) is 0.417. The standard InChI is InChI=1S/C12H16BrN3S/c1-8(16(2)3)7-14-12-15-10-6-9(13)4-5-11(10)17-12/h4-6,8H,7H2,1-3H3,(H,14,15). The van der Waals surface area contributed by atoms with Gasteiger partial charge in [0.2, 0.25) is 0 Å². The van der Waals surface area contributed by atoms with Gasteiger partial charge in [-0.2, -0.15) is 0 Å². The van der Waals surface area contributed by atoms with Crippen molar-refractivity contribution in [3.63, 3.8) is 0 Å². The molecule has 17 heavy (non-hydrogen) atoms. The minimum Gasteiger partial charge on any atom is -0.360 e. The summed E-state index contributed by atoms with van der Waals surface area (Å²) in [4.78, 5) is 6.76. The molecule has 1 unspecified atom stereocenters. The summed E-state index contributed by atoms with van der Waals surface area (Å²) in [6, 6.07) is 6.69. The molecule has 0 saturated heterocycles. The maximum absolute atomic E-state index is 4.56. The van der Waals surface area contributed by atoms with Crippen molar-refractivity contribution in [1.29, 1.82) is 0 Å². The van der Waals surface area contributed by atoms with Crippen molar-refractivity contribution in [3.05, 3.63) is 22.7 Å². The lowest BCUT2D eigenvalue weighted by molar-refractivity contribution is 0.326. The van der Waals surface area contributed by atoms with Gasteiger partial charge in [0.25, 0.3) is 0 Å². The summed E-state index contributed by atoms with van der Waals surface area (Å²) in [5.41, 5.74) is 1.05. The van der Waals surface area contributed by atoms with Crippen molar-refractivity contribution >= 4 is 42.6 Å². The highest BCUT2D eigenvalue weighted by Gasteiger charge is 2.07. The Morgan fingerprint density at radius 2 is 2.24 bits per heavy atom. The first-order chi connectivity index (χ1) is 8.06. The molecule has 0 radical (unpaired) electrons. The summed E-state index contributed by atoms with van der Waals surface area (Å²) in [7, 11) is 4.17. The third-order valence-electron chi connectivity index (χ3n) is 2.78.